The van der Waals surface area contributed by atoms with E-state index in [2.05, 4.69) is 155 Å². The van der Waals surface area contributed by atoms with E-state index in [9.17, 15) is 0 Å². The first-order valence-electron chi connectivity index (χ1n) is 12.3. The topological polar surface area (TPSA) is 8.17 Å². The summed E-state index contributed by atoms with van der Waals surface area (Å²) in [5.41, 5.74) is 7.03. The van der Waals surface area contributed by atoms with Crippen molar-refractivity contribution in [3.63, 3.8) is 0 Å². The van der Waals surface area contributed by atoms with Gasteiger partial charge in [0.05, 0.1) is 16.7 Å². The number of rotatable bonds is 4. The largest absolute Gasteiger partial charge is 0.310 e. The van der Waals surface area contributed by atoms with Gasteiger partial charge in [0.2, 0.25) is 0 Å². The molecule has 0 radical (unpaired) electrons. The van der Waals surface area contributed by atoms with Gasteiger partial charge in [-0.1, -0.05) is 91.0 Å². The smallest absolute Gasteiger partial charge is 0.0541 e. The summed E-state index contributed by atoms with van der Waals surface area (Å²) < 4.78 is 2.36. The van der Waals surface area contributed by atoms with Crippen LogP contribution >= 0.6 is 0 Å². The summed E-state index contributed by atoms with van der Waals surface area (Å²) in [4.78, 5) is 2.35. The number of hydrogen-bond donors (Lipinski definition) is 0. The zero-order chi connectivity index (χ0) is 23.9. The van der Waals surface area contributed by atoms with Gasteiger partial charge in [0.1, 0.15) is 0 Å². The Balaban J connectivity index is 1.41. The summed E-state index contributed by atoms with van der Waals surface area (Å²) in [5.74, 6) is 0. The molecule has 0 spiro atoms. The normalized spacial score (nSPS) is 11.3. The van der Waals surface area contributed by atoms with Crippen LogP contribution < -0.4 is 4.90 Å². The highest BCUT2D eigenvalue weighted by molar-refractivity contribution is 6.09. The lowest BCUT2D eigenvalue weighted by Crippen LogP contribution is -2.10. The molecule has 1 heterocycles. The summed E-state index contributed by atoms with van der Waals surface area (Å²) in [6, 6.07) is 51.9. The summed E-state index contributed by atoms with van der Waals surface area (Å²) in [6.45, 7) is 0. The van der Waals surface area contributed by atoms with Gasteiger partial charge in [0.25, 0.3) is 0 Å². The van der Waals surface area contributed by atoms with E-state index in [0.29, 0.717) is 0 Å². The van der Waals surface area contributed by atoms with Crippen LogP contribution in [0.5, 0.6) is 0 Å². The molecule has 0 aliphatic carbocycles. The molecule has 0 amide bonds. The van der Waals surface area contributed by atoms with Gasteiger partial charge < -0.3 is 9.47 Å². The Hall–Kier alpha value is -4.82. The number of aromatic nitrogens is 1. The van der Waals surface area contributed by atoms with E-state index >= 15 is 0 Å². The number of nitrogens with zero attached hydrogens (tertiary/aromatic N) is 2. The molecular formula is C34H24N2. The van der Waals surface area contributed by atoms with Gasteiger partial charge >= 0.3 is 0 Å². The molecule has 0 aliphatic heterocycles. The van der Waals surface area contributed by atoms with Crippen LogP contribution in [0.3, 0.4) is 0 Å². The number of anilines is 3. The Morgan fingerprint density at radius 2 is 0.917 bits per heavy atom. The lowest BCUT2D eigenvalue weighted by atomic mass is 10.1. The number of benzene rings is 6. The Labute approximate surface area is 210 Å². The van der Waals surface area contributed by atoms with E-state index in [4.69, 9.17) is 0 Å². The fraction of sp³-hybridized carbons (Fsp3) is 0. The second-order valence-electron chi connectivity index (χ2n) is 9.06. The maximum Gasteiger partial charge on any atom is 0.0541 e. The molecule has 0 bridgehead atoms. The zero-order valence-corrected chi connectivity index (χ0v) is 19.8. The van der Waals surface area contributed by atoms with Gasteiger partial charge in [-0.2, -0.15) is 0 Å². The van der Waals surface area contributed by atoms with E-state index in [-0.39, 0.29) is 0 Å². The molecule has 170 valence electrons. The third-order valence-electron chi connectivity index (χ3n) is 6.97. The fourth-order valence-electron chi connectivity index (χ4n) is 5.36. The van der Waals surface area contributed by atoms with Crippen LogP contribution in [-0.4, -0.2) is 4.57 Å². The van der Waals surface area contributed by atoms with Crippen LogP contribution in [0.4, 0.5) is 17.1 Å². The number of hydrogen-bond acceptors (Lipinski definition) is 1. The summed E-state index contributed by atoms with van der Waals surface area (Å²) in [5, 5.41) is 5.02. The van der Waals surface area contributed by atoms with Crippen LogP contribution in [0.1, 0.15) is 0 Å². The standard InChI is InChI=1S/C34H24N2/c1-2-13-26(14-3-1)35(32-20-10-12-25-11-4-5-15-29(25)32)27-21-23-28(24-22-27)36-33-18-8-6-16-30(33)31-17-7-9-19-34(31)36/h1-24H. The van der Waals surface area contributed by atoms with Gasteiger partial charge in [0.15, 0.2) is 0 Å². The molecule has 6 aromatic carbocycles. The van der Waals surface area contributed by atoms with Gasteiger partial charge in [-0.15, -0.1) is 0 Å². The first-order valence-corrected chi connectivity index (χ1v) is 12.3. The molecular weight excluding hydrogens is 436 g/mol. The highest BCUT2D eigenvalue weighted by Crippen LogP contribution is 2.39. The predicted octanol–water partition coefficient (Wildman–Crippen LogP) is 9.41. The Kier molecular flexibility index (Phi) is 4.82. The van der Waals surface area contributed by atoms with E-state index in [1.165, 1.54) is 38.3 Å². The van der Waals surface area contributed by atoms with Crippen molar-refractivity contribution in [2.45, 2.75) is 0 Å². The second-order valence-corrected chi connectivity index (χ2v) is 9.06. The first-order chi connectivity index (χ1) is 17.9. The second kappa shape index (κ2) is 8.44. The van der Waals surface area contributed by atoms with Crippen molar-refractivity contribution >= 4 is 49.6 Å². The molecule has 1 aromatic heterocycles. The number of para-hydroxylation sites is 3. The fourth-order valence-corrected chi connectivity index (χ4v) is 5.36. The van der Waals surface area contributed by atoms with Crippen LogP contribution in [-0.2, 0) is 0 Å². The minimum absolute atomic E-state index is 1.13. The maximum absolute atomic E-state index is 2.36. The van der Waals surface area contributed by atoms with Gasteiger partial charge in [-0.3, -0.25) is 0 Å². The van der Waals surface area contributed by atoms with Crippen LogP contribution in [0, 0.1) is 0 Å². The molecule has 0 atom stereocenters. The molecule has 7 rings (SSSR count). The Morgan fingerprint density at radius 3 is 1.61 bits per heavy atom. The highest BCUT2D eigenvalue weighted by Gasteiger charge is 2.16. The maximum atomic E-state index is 2.36. The number of fused-ring (bicyclic) bond motifs is 4. The minimum atomic E-state index is 1.13. The van der Waals surface area contributed by atoms with Crippen molar-refractivity contribution in [3.05, 3.63) is 146 Å². The Bertz CT molecular complexity index is 1770. The molecule has 0 fully saturated rings. The lowest BCUT2D eigenvalue weighted by Gasteiger charge is -2.27. The average molecular weight is 461 g/mol. The summed E-state index contributed by atoms with van der Waals surface area (Å²) in [6.07, 6.45) is 0. The van der Waals surface area contributed by atoms with Crippen LogP contribution in [0.15, 0.2) is 146 Å². The van der Waals surface area contributed by atoms with Gasteiger partial charge in [0, 0.05) is 33.2 Å². The van der Waals surface area contributed by atoms with Crippen molar-refractivity contribution in [1.82, 2.24) is 4.57 Å². The summed E-state index contributed by atoms with van der Waals surface area (Å²) in [7, 11) is 0. The van der Waals surface area contributed by atoms with E-state index in [1.54, 1.807) is 0 Å². The summed E-state index contributed by atoms with van der Waals surface area (Å²) >= 11 is 0. The molecule has 0 unspecified atom stereocenters. The molecule has 2 nitrogen and oxygen atoms in total. The van der Waals surface area contributed by atoms with Crippen molar-refractivity contribution in [3.8, 4) is 5.69 Å². The third-order valence-corrected chi connectivity index (χ3v) is 6.97. The first kappa shape index (κ1) is 20.5. The highest BCUT2D eigenvalue weighted by atomic mass is 15.1. The van der Waals surface area contributed by atoms with Crippen molar-refractivity contribution in [2.24, 2.45) is 0 Å². The molecule has 0 aliphatic rings. The third kappa shape index (κ3) is 3.27. The Morgan fingerprint density at radius 1 is 0.389 bits per heavy atom. The van der Waals surface area contributed by atoms with Crippen molar-refractivity contribution in [1.29, 1.82) is 0 Å². The minimum Gasteiger partial charge on any atom is -0.310 e. The molecule has 36 heavy (non-hydrogen) atoms. The quantitative estimate of drug-likeness (QED) is 0.254. The van der Waals surface area contributed by atoms with Crippen LogP contribution in [0.2, 0.25) is 0 Å². The average Bonchev–Trinajstić information content (AvgIpc) is 3.29. The lowest BCUT2D eigenvalue weighted by molar-refractivity contribution is 1.17. The van der Waals surface area contributed by atoms with Crippen molar-refractivity contribution < 1.29 is 0 Å². The zero-order valence-electron chi connectivity index (χ0n) is 19.8. The van der Waals surface area contributed by atoms with Crippen molar-refractivity contribution in [2.75, 3.05) is 4.90 Å². The molecule has 0 N–H and O–H groups in total. The predicted molar refractivity (Wildman–Crippen MR) is 153 cm³/mol. The van der Waals surface area contributed by atoms with E-state index < -0.39 is 0 Å². The molecule has 0 saturated heterocycles. The molecule has 7 aromatic rings. The van der Waals surface area contributed by atoms with E-state index in [1.807, 2.05) is 0 Å². The molecule has 0 saturated carbocycles. The van der Waals surface area contributed by atoms with Gasteiger partial charge in [-0.05, 0) is 60.0 Å². The van der Waals surface area contributed by atoms with Gasteiger partial charge in [-0.25, -0.2) is 0 Å². The van der Waals surface area contributed by atoms with Crippen LogP contribution in [0.25, 0.3) is 38.3 Å². The monoisotopic (exact) mass is 460 g/mol. The SMILES string of the molecule is c1ccc(N(c2ccc(-n3c4ccccc4c4ccccc43)cc2)c2cccc3ccccc23)cc1. The van der Waals surface area contributed by atoms with E-state index in [0.717, 1.165) is 17.1 Å². The molecule has 2 heteroatoms.